The summed E-state index contributed by atoms with van der Waals surface area (Å²) in [5.74, 6) is 1.37. The molecular weight excluding hydrogens is 270 g/mol. The molecule has 1 aromatic carbocycles. The normalized spacial score (nSPS) is 12.7. The quantitative estimate of drug-likeness (QED) is 0.799. The number of nitrogen functional groups attached to an aromatic ring is 1. The molecule has 104 valence electrons. The number of anilines is 1. The van der Waals surface area contributed by atoms with Crippen LogP contribution in [0.15, 0.2) is 35.0 Å². The summed E-state index contributed by atoms with van der Waals surface area (Å²) in [5, 5.41) is 4.27. The molecule has 1 atom stereocenters. The minimum absolute atomic E-state index is 0.252. The van der Waals surface area contributed by atoms with Gasteiger partial charge in [-0.1, -0.05) is 0 Å². The number of nitrogens with two attached hydrogens (primary N) is 1. The third-order valence-electron chi connectivity index (χ3n) is 3.48. The van der Waals surface area contributed by atoms with Crippen molar-refractivity contribution in [2.45, 2.75) is 19.4 Å². The first-order chi connectivity index (χ1) is 9.69. The maximum absolute atomic E-state index is 6.09. The molecule has 2 heterocycles. The number of methoxy groups -OCH3 is 1. The monoisotopic (exact) mass is 287 g/mol. The van der Waals surface area contributed by atoms with Crippen molar-refractivity contribution < 1.29 is 4.74 Å². The second kappa shape index (κ2) is 5.17. The molecule has 0 saturated carbocycles. The van der Waals surface area contributed by atoms with Crippen LogP contribution < -0.4 is 10.5 Å². The van der Waals surface area contributed by atoms with Gasteiger partial charge in [0.05, 0.1) is 18.1 Å². The zero-order valence-corrected chi connectivity index (χ0v) is 12.4. The van der Waals surface area contributed by atoms with Gasteiger partial charge in [0.15, 0.2) is 0 Å². The van der Waals surface area contributed by atoms with Crippen molar-refractivity contribution in [3.63, 3.8) is 0 Å². The van der Waals surface area contributed by atoms with E-state index in [-0.39, 0.29) is 6.04 Å². The predicted octanol–water partition coefficient (Wildman–Crippen LogP) is 3.49. The highest BCUT2D eigenvalue weighted by molar-refractivity contribution is 7.07. The lowest BCUT2D eigenvalue weighted by molar-refractivity contribution is 0.415. The van der Waals surface area contributed by atoms with E-state index in [1.807, 2.05) is 18.2 Å². The number of nitrogens with zero attached hydrogens (tertiary/aromatic N) is 2. The number of hydrogen-bond donors (Lipinski definition) is 1. The molecule has 2 N–H and O–H groups in total. The highest BCUT2D eigenvalue weighted by atomic mass is 32.1. The summed E-state index contributed by atoms with van der Waals surface area (Å²) in [6, 6.07) is 8.24. The molecule has 5 heteroatoms. The van der Waals surface area contributed by atoms with E-state index in [1.54, 1.807) is 18.4 Å². The number of fused-ring (bicyclic) bond motifs is 1. The second-order valence-corrected chi connectivity index (χ2v) is 5.66. The van der Waals surface area contributed by atoms with E-state index in [4.69, 9.17) is 10.5 Å². The Bertz CT molecular complexity index is 718. The summed E-state index contributed by atoms with van der Waals surface area (Å²) < 4.78 is 7.37. The molecule has 3 aromatic rings. The van der Waals surface area contributed by atoms with Gasteiger partial charge in [0.25, 0.3) is 0 Å². The molecule has 0 amide bonds. The number of rotatable bonds is 4. The van der Waals surface area contributed by atoms with E-state index in [1.165, 1.54) is 5.56 Å². The summed E-state index contributed by atoms with van der Waals surface area (Å²) in [5.41, 5.74) is 9.34. The summed E-state index contributed by atoms with van der Waals surface area (Å²) >= 11 is 1.72. The van der Waals surface area contributed by atoms with Crippen LogP contribution in [0.1, 0.15) is 18.5 Å². The van der Waals surface area contributed by atoms with Crippen LogP contribution in [-0.2, 0) is 6.42 Å². The summed E-state index contributed by atoms with van der Waals surface area (Å²) in [6.07, 6.45) is 0.941. The summed E-state index contributed by atoms with van der Waals surface area (Å²) in [4.78, 5) is 4.43. The van der Waals surface area contributed by atoms with Gasteiger partial charge in [-0.2, -0.15) is 11.3 Å². The molecule has 0 radical (unpaired) electrons. The summed E-state index contributed by atoms with van der Waals surface area (Å²) in [7, 11) is 1.67. The molecule has 1 unspecified atom stereocenters. The van der Waals surface area contributed by atoms with E-state index in [0.717, 1.165) is 23.2 Å². The predicted molar refractivity (Wildman–Crippen MR) is 83.4 cm³/mol. The van der Waals surface area contributed by atoms with Crippen LogP contribution in [0.3, 0.4) is 0 Å². The second-order valence-electron chi connectivity index (χ2n) is 4.88. The molecule has 0 spiro atoms. The maximum atomic E-state index is 6.09. The van der Waals surface area contributed by atoms with Gasteiger partial charge in [0.1, 0.15) is 5.75 Å². The van der Waals surface area contributed by atoms with Gasteiger partial charge in [-0.3, -0.25) is 0 Å². The van der Waals surface area contributed by atoms with E-state index in [9.17, 15) is 0 Å². The van der Waals surface area contributed by atoms with Crippen LogP contribution in [-0.4, -0.2) is 16.7 Å². The molecule has 0 aliphatic rings. The minimum atomic E-state index is 0.252. The first kappa shape index (κ1) is 13.0. The topological polar surface area (TPSA) is 53.1 Å². The average molecular weight is 287 g/mol. The van der Waals surface area contributed by atoms with Crippen LogP contribution in [0.2, 0.25) is 0 Å². The van der Waals surface area contributed by atoms with Gasteiger partial charge >= 0.3 is 0 Å². The van der Waals surface area contributed by atoms with Crippen molar-refractivity contribution in [1.29, 1.82) is 0 Å². The fourth-order valence-electron chi connectivity index (χ4n) is 2.52. The van der Waals surface area contributed by atoms with Gasteiger partial charge in [-0.25, -0.2) is 4.98 Å². The van der Waals surface area contributed by atoms with Crippen LogP contribution in [0.5, 0.6) is 5.75 Å². The first-order valence-corrected chi connectivity index (χ1v) is 7.46. The van der Waals surface area contributed by atoms with E-state index in [0.29, 0.717) is 5.95 Å². The number of ether oxygens (including phenoxy) is 1. The van der Waals surface area contributed by atoms with E-state index >= 15 is 0 Å². The Morgan fingerprint density at radius 2 is 2.25 bits per heavy atom. The Balaban J connectivity index is 2.02. The molecule has 0 bridgehead atoms. The van der Waals surface area contributed by atoms with Gasteiger partial charge in [-0.05, 0) is 47.9 Å². The van der Waals surface area contributed by atoms with Gasteiger partial charge in [-0.15, -0.1) is 0 Å². The van der Waals surface area contributed by atoms with Gasteiger partial charge in [0, 0.05) is 12.1 Å². The lowest BCUT2D eigenvalue weighted by Crippen LogP contribution is -2.11. The molecule has 0 aliphatic carbocycles. The molecule has 4 nitrogen and oxygen atoms in total. The largest absolute Gasteiger partial charge is 0.497 e. The third-order valence-corrected chi connectivity index (χ3v) is 4.21. The number of imidazole rings is 1. The van der Waals surface area contributed by atoms with Crippen LogP contribution in [0.25, 0.3) is 11.0 Å². The SMILES string of the molecule is COc1ccc2nc(N)n(C(C)Cc3ccsc3)c2c1. The van der Waals surface area contributed by atoms with Crippen molar-refractivity contribution in [2.75, 3.05) is 12.8 Å². The molecule has 3 rings (SSSR count). The summed E-state index contributed by atoms with van der Waals surface area (Å²) in [6.45, 7) is 2.16. The van der Waals surface area contributed by atoms with Crippen molar-refractivity contribution in [3.8, 4) is 5.75 Å². The lowest BCUT2D eigenvalue weighted by atomic mass is 10.1. The third kappa shape index (κ3) is 2.25. The lowest BCUT2D eigenvalue weighted by Gasteiger charge is -2.15. The fraction of sp³-hybridized carbons (Fsp3) is 0.267. The van der Waals surface area contributed by atoms with Crippen molar-refractivity contribution in [2.24, 2.45) is 0 Å². The van der Waals surface area contributed by atoms with Gasteiger partial charge in [0.2, 0.25) is 5.95 Å². The first-order valence-electron chi connectivity index (χ1n) is 6.51. The Hall–Kier alpha value is -2.01. The van der Waals surface area contributed by atoms with Crippen molar-refractivity contribution >= 4 is 28.3 Å². The van der Waals surface area contributed by atoms with E-state index in [2.05, 4.69) is 33.3 Å². The Labute approximate surface area is 121 Å². The number of hydrogen-bond acceptors (Lipinski definition) is 4. The highest BCUT2D eigenvalue weighted by Gasteiger charge is 2.15. The fourth-order valence-corrected chi connectivity index (χ4v) is 3.20. The van der Waals surface area contributed by atoms with E-state index < -0.39 is 0 Å². The zero-order valence-electron chi connectivity index (χ0n) is 11.5. The molecule has 20 heavy (non-hydrogen) atoms. The average Bonchev–Trinajstić information content (AvgIpc) is 3.04. The van der Waals surface area contributed by atoms with Crippen LogP contribution >= 0.6 is 11.3 Å². The number of benzene rings is 1. The molecule has 0 fully saturated rings. The number of thiophene rings is 1. The Kier molecular flexibility index (Phi) is 3.36. The van der Waals surface area contributed by atoms with Crippen molar-refractivity contribution in [3.05, 3.63) is 40.6 Å². The molecule has 0 saturated heterocycles. The highest BCUT2D eigenvalue weighted by Crippen LogP contribution is 2.28. The Morgan fingerprint density at radius 1 is 1.40 bits per heavy atom. The molecule has 2 aromatic heterocycles. The maximum Gasteiger partial charge on any atom is 0.201 e. The smallest absolute Gasteiger partial charge is 0.201 e. The standard InChI is InChI=1S/C15H17N3OS/c1-10(7-11-5-6-20-9-11)18-14-8-12(19-2)3-4-13(14)17-15(18)16/h3-6,8-10H,7H2,1-2H3,(H2,16,17). The number of aromatic nitrogens is 2. The van der Waals surface area contributed by atoms with Gasteiger partial charge < -0.3 is 15.0 Å². The minimum Gasteiger partial charge on any atom is -0.497 e. The Morgan fingerprint density at radius 3 is 2.95 bits per heavy atom. The zero-order chi connectivity index (χ0) is 14.1. The van der Waals surface area contributed by atoms with Crippen molar-refractivity contribution in [1.82, 2.24) is 9.55 Å². The molecular formula is C15H17N3OS. The molecule has 0 aliphatic heterocycles. The van der Waals surface area contributed by atoms with Crippen LogP contribution in [0, 0.1) is 0 Å². The van der Waals surface area contributed by atoms with Crippen LogP contribution in [0.4, 0.5) is 5.95 Å².